The van der Waals surface area contributed by atoms with E-state index in [-0.39, 0.29) is 5.41 Å². The van der Waals surface area contributed by atoms with Gasteiger partial charge in [-0.1, -0.05) is 68.4 Å². The Labute approximate surface area is 186 Å². The Morgan fingerprint density at radius 1 is 0.867 bits per heavy atom. The number of benzene rings is 2. The molecule has 0 aliphatic heterocycles. The Balaban J connectivity index is 1.65. The highest BCUT2D eigenvalue weighted by Crippen LogP contribution is 2.30. The predicted octanol–water partition coefficient (Wildman–Crippen LogP) is 6.57. The minimum atomic E-state index is 0.153. The van der Waals surface area contributed by atoms with Gasteiger partial charge in [0.05, 0.1) is 0 Å². The molecular weight excluding hydrogens is 412 g/mol. The van der Waals surface area contributed by atoms with E-state index in [4.69, 9.17) is 11.6 Å². The minimum Gasteiger partial charge on any atom is -0.270 e. The fraction of sp³-hybridized carbons (Fsp3) is 0.208. The van der Waals surface area contributed by atoms with Gasteiger partial charge in [0, 0.05) is 34.4 Å². The zero-order valence-electron chi connectivity index (χ0n) is 17.2. The summed E-state index contributed by atoms with van der Waals surface area (Å²) in [7, 11) is 0. The van der Waals surface area contributed by atoms with Crippen molar-refractivity contribution in [2.24, 2.45) is 0 Å². The molecule has 6 heteroatoms. The number of thioether (sulfide) groups is 1. The molecule has 2 heterocycles. The third kappa shape index (κ3) is 4.58. The van der Waals surface area contributed by atoms with Crippen LogP contribution in [0.1, 0.15) is 31.9 Å². The molecule has 30 heavy (non-hydrogen) atoms. The van der Waals surface area contributed by atoms with E-state index in [9.17, 15) is 0 Å². The maximum Gasteiger partial charge on any atom is 0.196 e. The van der Waals surface area contributed by atoms with Crippen LogP contribution in [0.25, 0.3) is 17.1 Å². The summed E-state index contributed by atoms with van der Waals surface area (Å²) in [5, 5.41) is 10.5. The van der Waals surface area contributed by atoms with E-state index in [1.165, 1.54) is 11.1 Å². The maximum absolute atomic E-state index is 6.10. The fourth-order valence-electron chi connectivity index (χ4n) is 3.12. The van der Waals surface area contributed by atoms with Crippen LogP contribution in [0, 0.1) is 0 Å². The smallest absolute Gasteiger partial charge is 0.196 e. The molecular formula is C24H23ClN4S. The number of nitrogens with zero attached hydrogens (tertiary/aromatic N) is 4. The molecule has 0 unspecified atom stereocenters. The van der Waals surface area contributed by atoms with E-state index in [1.54, 1.807) is 24.2 Å². The lowest BCUT2D eigenvalue weighted by Crippen LogP contribution is -2.10. The van der Waals surface area contributed by atoms with E-state index < -0.39 is 0 Å². The Bertz CT molecular complexity index is 1110. The molecule has 2 aromatic carbocycles. The zero-order valence-corrected chi connectivity index (χ0v) is 18.8. The third-order valence-corrected chi connectivity index (χ3v) is 6.10. The molecule has 2 aromatic heterocycles. The summed E-state index contributed by atoms with van der Waals surface area (Å²) >= 11 is 7.77. The van der Waals surface area contributed by atoms with Crippen LogP contribution in [-0.4, -0.2) is 19.7 Å². The molecule has 0 N–H and O–H groups in total. The number of hydrogen-bond acceptors (Lipinski definition) is 4. The minimum absolute atomic E-state index is 0.153. The van der Waals surface area contributed by atoms with Crippen LogP contribution in [0.2, 0.25) is 5.02 Å². The van der Waals surface area contributed by atoms with Crippen molar-refractivity contribution in [2.45, 2.75) is 37.1 Å². The van der Waals surface area contributed by atoms with E-state index in [0.29, 0.717) is 5.02 Å². The molecule has 152 valence electrons. The van der Waals surface area contributed by atoms with E-state index >= 15 is 0 Å². The number of pyridine rings is 1. The van der Waals surface area contributed by atoms with Gasteiger partial charge in [0.15, 0.2) is 11.0 Å². The van der Waals surface area contributed by atoms with Crippen molar-refractivity contribution in [3.05, 3.63) is 89.2 Å². The van der Waals surface area contributed by atoms with Crippen LogP contribution in [-0.2, 0) is 11.2 Å². The van der Waals surface area contributed by atoms with E-state index in [2.05, 4.69) is 64.8 Å². The van der Waals surface area contributed by atoms with Crippen LogP contribution in [0.5, 0.6) is 0 Å². The molecule has 0 fully saturated rings. The van der Waals surface area contributed by atoms with Gasteiger partial charge in [0.1, 0.15) is 0 Å². The summed E-state index contributed by atoms with van der Waals surface area (Å²) in [4.78, 5) is 4.11. The molecule has 4 aromatic rings. The SMILES string of the molecule is CC(C)(C)c1ccc(CSc2nnc(-c3ccncc3)n2-c2ccc(Cl)cc2)cc1. The molecule has 0 atom stereocenters. The summed E-state index contributed by atoms with van der Waals surface area (Å²) in [6.07, 6.45) is 3.53. The van der Waals surface area contributed by atoms with Gasteiger partial charge in [-0.3, -0.25) is 9.55 Å². The summed E-state index contributed by atoms with van der Waals surface area (Å²) < 4.78 is 2.07. The topological polar surface area (TPSA) is 43.6 Å². The Morgan fingerprint density at radius 3 is 2.17 bits per heavy atom. The van der Waals surface area contributed by atoms with Gasteiger partial charge in [-0.05, 0) is 52.9 Å². The van der Waals surface area contributed by atoms with Gasteiger partial charge >= 0.3 is 0 Å². The van der Waals surface area contributed by atoms with Crippen molar-refractivity contribution < 1.29 is 0 Å². The molecule has 0 aliphatic carbocycles. The summed E-state index contributed by atoms with van der Waals surface area (Å²) in [6.45, 7) is 6.68. The predicted molar refractivity (Wildman–Crippen MR) is 124 cm³/mol. The molecule has 0 radical (unpaired) electrons. The molecule has 0 bridgehead atoms. The second-order valence-electron chi connectivity index (χ2n) is 8.09. The lowest BCUT2D eigenvalue weighted by atomic mass is 9.87. The first-order chi connectivity index (χ1) is 14.4. The van der Waals surface area contributed by atoms with Crippen molar-refractivity contribution in [2.75, 3.05) is 0 Å². The van der Waals surface area contributed by atoms with Crippen LogP contribution in [0.15, 0.2) is 78.2 Å². The fourth-order valence-corrected chi connectivity index (χ4v) is 4.16. The van der Waals surface area contributed by atoms with E-state index in [0.717, 1.165) is 28.0 Å². The van der Waals surface area contributed by atoms with Gasteiger partial charge in [-0.2, -0.15) is 0 Å². The maximum atomic E-state index is 6.10. The lowest BCUT2D eigenvalue weighted by molar-refractivity contribution is 0.590. The second-order valence-corrected chi connectivity index (χ2v) is 9.47. The van der Waals surface area contributed by atoms with Gasteiger partial charge in [-0.15, -0.1) is 10.2 Å². The first kappa shape index (κ1) is 20.6. The monoisotopic (exact) mass is 434 g/mol. The molecule has 0 saturated carbocycles. The summed E-state index contributed by atoms with van der Waals surface area (Å²) in [5.41, 5.74) is 4.68. The summed E-state index contributed by atoms with van der Waals surface area (Å²) in [5.74, 6) is 1.59. The molecule has 0 spiro atoms. The summed E-state index contributed by atoms with van der Waals surface area (Å²) in [6, 6.07) is 20.4. The standard InChI is InChI=1S/C24H23ClN4S/c1-24(2,3)19-6-4-17(5-7-19)16-30-23-28-27-22(18-12-14-26-15-13-18)29(23)21-10-8-20(25)9-11-21/h4-15H,16H2,1-3H3. The first-order valence-corrected chi connectivity index (χ1v) is 11.1. The highest BCUT2D eigenvalue weighted by atomic mass is 35.5. The van der Waals surface area contributed by atoms with Crippen LogP contribution < -0.4 is 0 Å². The lowest BCUT2D eigenvalue weighted by Gasteiger charge is -2.19. The number of rotatable bonds is 5. The van der Waals surface area contributed by atoms with Gasteiger partial charge < -0.3 is 0 Å². The Hall–Kier alpha value is -2.63. The average molecular weight is 435 g/mol. The van der Waals surface area contributed by atoms with Gasteiger partial charge in [0.25, 0.3) is 0 Å². The normalized spacial score (nSPS) is 11.6. The van der Waals surface area contributed by atoms with Crippen molar-refractivity contribution in [3.8, 4) is 17.1 Å². The Morgan fingerprint density at radius 2 is 1.53 bits per heavy atom. The molecule has 4 nitrogen and oxygen atoms in total. The molecule has 0 amide bonds. The van der Waals surface area contributed by atoms with Gasteiger partial charge in [-0.25, -0.2) is 0 Å². The Kier molecular flexibility index (Phi) is 5.93. The van der Waals surface area contributed by atoms with Gasteiger partial charge in [0.2, 0.25) is 0 Å². The van der Waals surface area contributed by atoms with Crippen LogP contribution in [0.3, 0.4) is 0 Å². The highest BCUT2D eigenvalue weighted by Gasteiger charge is 2.17. The molecule has 0 aliphatic rings. The van der Waals surface area contributed by atoms with E-state index in [1.807, 2.05) is 36.4 Å². The number of aromatic nitrogens is 4. The van der Waals surface area contributed by atoms with Crippen molar-refractivity contribution in [3.63, 3.8) is 0 Å². The van der Waals surface area contributed by atoms with Crippen LogP contribution in [0.4, 0.5) is 0 Å². The third-order valence-electron chi connectivity index (χ3n) is 4.84. The quantitative estimate of drug-likeness (QED) is 0.333. The molecule has 0 saturated heterocycles. The second kappa shape index (κ2) is 8.62. The highest BCUT2D eigenvalue weighted by molar-refractivity contribution is 7.98. The largest absolute Gasteiger partial charge is 0.270 e. The number of halogens is 1. The average Bonchev–Trinajstić information content (AvgIpc) is 3.17. The van der Waals surface area contributed by atoms with Crippen molar-refractivity contribution in [1.29, 1.82) is 0 Å². The van der Waals surface area contributed by atoms with Crippen molar-refractivity contribution in [1.82, 2.24) is 19.7 Å². The van der Waals surface area contributed by atoms with Crippen molar-refractivity contribution >= 4 is 23.4 Å². The van der Waals surface area contributed by atoms with Crippen LogP contribution >= 0.6 is 23.4 Å². The number of hydrogen-bond donors (Lipinski definition) is 0. The first-order valence-electron chi connectivity index (χ1n) is 9.76. The molecule has 4 rings (SSSR count). The zero-order chi connectivity index (χ0) is 21.1.